The van der Waals surface area contributed by atoms with Gasteiger partial charge in [0.1, 0.15) is 12.7 Å². The third-order valence-electron chi connectivity index (χ3n) is 5.34. The summed E-state index contributed by atoms with van der Waals surface area (Å²) in [4.78, 5) is 4.34. The monoisotopic (exact) mass is 449 g/mol. The van der Waals surface area contributed by atoms with Crippen molar-refractivity contribution < 1.29 is 9.67 Å². The van der Waals surface area contributed by atoms with Gasteiger partial charge in [0.2, 0.25) is 0 Å². The highest BCUT2D eigenvalue weighted by Crippen LogP contribution is 2.30. The smallest absolute Gasteiger partial charge is 0.257 e. The lowest BCUT2D eigenvalue weighted by Gasteiger charge is -2.11. The quantitative estimate of drug-likeness (QED) is 0.319. The number of hydrogen-bond donors (Lipinski definition) is 0. The highest BCUT2D eigenvalue weighted by atomic mass is 35.5. The molecule has 3 aromatic rings. The van der Waals surface area contributed by atoms with Crippen LogP contribution in [0.4, 0.5) is 5.69 Å². The lowest BCUT2D eigenvalue weighted by atomic mass is 10.1. The first kappa shape index (κ1) is 21.7. The van der Waals surface area contributed by atoms with Gasteiger partial charge in [-0.3, -0.25) is 4.99 Å². The number of aliphatic imine (C=N–C) groups is 1. The van der Waals surface area contributed by atoms with Gasteiger partial charge < -0.3 is 5.11 Å². The first-order valence-electron chi connectivity index (χ1n) is 9.32. The maximum absolute atomic E-state index is 12.7. The van der Waals surface area contributed by atoms with E-state index < -0.39 is 0 Å². The number of nitrogens with zero attached hydrogens (tertiary/aromatic N) is 3. The number of imidazole rings is 1. The first-order chi connectivity index (χ1) is 13.4. The van der Waals surface area contributed by atoms with Crippen LogP contribution in [0.1, 0.15) is 23.4 Å². The van der Waals surface area contributed by atoms with E-state index in [0.29, 0.717) is 10.0 Å². The molecule has 1 aliphatic rings. The Bertz CT molecular complexity index is 1090. The molecule has 0 aliphatic carbocycles. The van der Waals surface area contributed by atoms with E-state index in [2.05, 4.69) is 9.56 Å². The molecule has 152 valence electrons. The standard InChI is InChI=1S/C22H21Cl2N3O.ClH/c1-14-5-3-6-19(15(14)2)25-21(28)13-26-12-20(27-10-4-7-22(26)27)16-8-9-17(23)18(24)11-16;/h3,5-6,8-9,11-12H,4,7,10,13H2,1-2H3;1H. The van der Waals surface area contributed by atoms with Crippen molar-refractivity contribution in [2.45, 2.75) is 39.8 Å². The molecule has 0 saturated carbocycles. The summed E-state index contributed by atoms with van der Waals surface area (Å²) in [6.45, 7) is 5.18. The lowest BCUT2D eigenvalue weighted by Crippen LogP contribution is -2.43. The second-order valence-electron chi connectivity index (χ2n) is 7.17. The normalized spacial score (nSPS) is 13.3. The number of halogens is 3. The van der Waals surface area contributed by atoms with E-state index in [1.54, 1.807) is 6.07 Å². The molecular weight excluding hydrogens is 429 g/mol. The van der Waals surface area contributed by atoms with Gasteiger partial charge in [-0.1, -0.05) is 35.3 Å². The van der Waals surface area contributed by atoms with E-state index in [1.807, 2.05) is 54.9 Å². The topological polar surface area (TPSA) is 44.2 Å². The molecule has 2 heterocycles. The van der Waals surface area contributed by atoms with E-state index in [9.17, 15) is 5.11 Å². The van der Waals surface area contributed by atoms with Crippen molar-refractivity contribution in [1.82, 2.24) is 4.57 Å². The lowest BCUT2D eigenvalue weighted by molar-refractivity contribution is -0.693. The average molecular weight is 451 g/mol. The molecule has 0 unspecified atom stereocenters. The van der Waals surface area contributed by atoms with Crippen molar-refractivity contribution in [2.75, 3.05) is 0 Å². The summed E-state index contributed by atoms with van der Waals surface area (Å²) in [6, 6.07) is 11.5. The van der Waals surface area contributed by atoms with E-state index in [0.717, 1.165) is 53.3 Å². The summed E-state index contributed by atoms with van der Waals surface area (Å²) < 4.78 is 4.27. The highest BCUT2D eigenvalue weighted by Gasteiger charge is 2.28. The molecule has 0 atom stereocenters. The minimum absolute atomic E-state index is 0. The Morgan fingerprint density at radius 3 is 2.72 bits per heavy atom. The van der Waals surface area contributed by atoms with Crippen molar-refractivity contribution in [3.05, 3.63) is 69.6 Å². The van der Waals surface area contributed by atoms with E-state index in [4.69, 9.17) is 23.2 Å². The Kier molecular flexibility index (Phi) is 6.57. The van der Waals surface area contributed by atoms with Crippen LogP contribution in [0.3, 0.4) is 0 Å². The van der Waals surface area contributed by atoms with Crippen LogP contribution in [0.15, 0.2) is 47.6 Å². The van der Waals surface area contributed by atoms with Gasteiger partial charge in [-0.05, 0) is 55.7 Å². The zero-order chi connectivity index (χ0) is 19.8. The average Bonchev–Trinajstić information content (AvgIpc) is 3.25. The van der Waals surface area contributed by atoms with Crippen LogP contribution in [0.5, 0.6) is 0 Å². The van der Waals surface area contributed by atoms with Crippen molar-refractivity contribution in [3.8, 4) is 11.3 Å². The predicted molar refractivity (Wildman–Crippen MR) is 119 cm³/mol. The number of aromatic nitrogens is 2. The molecule has 29 heavy (non-hydrogen) atoms. The Morgan fingerprint density at radius 2 is 1.97 bits per heavy atom. The second kappa shape index (κ2) is 8.78. The highest BCUT2D eigenvalue weighted by molar-refractivity contribution is 6.42. The van der Waals surface area contributed by atoms with Crippen LogP contribution < -0.4 is 9.67 Å². The Balaban J connectivity index is 0.00000240. The molecule has 0 bridgehead atoms. The van der Waals surface area contributed by atoms with Gasteiger partial charge in [-0.25, -0.2) is 9.13 Å². The summed E-state index contributed by atoms with van der Waals surface area (Å²) in [5.74, 6) is 0.991. The van der Waals surface area contributed by atoms with Crippen LogP contribution in [0.2, 0.25) is 10.0 Å². The van der Waals surface area contributed by atoms with E-state index in [-0.39, 0.29) is 24.8 Å². The van der Waals surface area contributed by atoms with Gasteiger partial charge in [-0.15, -0.1) is 12.4 Å². The Labute approximate surface area is 186 Å². The Hall–Kier alpha value is -2.01. The predicted octanol–water partition coefficient (Wildman–Crippen LogP) is 4.82. The van der Waals surface area contributed by atoms with Crippen LogP contribution in [-0.4, -0.2) is 10.5 Å². The van der Waals surface area contributed by atoms with Crippen LogP contribution in [0.25, 0.3) is 11.3 Å². The largest absolute Gasteiger partial charge is 0.859 e. The third kappa shape index (κ3) is 4.30. The fourth-order valence-corrected chi connectivity index (χ4v) is 4.00. The number of benzene rings is 2. The van der Waals surface area contributed by atoms with E-state index >= 15 is 0 Å². The van der Waals surface area contributed by atoms with Gasteiger partial charge in [0.15, 0.2) is 5.69 Å². The SMILES string of the molecule is Cc1cccc(N=C([O-])C[n+]2cc(-c3ccc(Cl)c(Cl)c3)n3c2CCC3)c1C.Cl. The molecule has 0 amide bonds. The molecule has 0 N–H and O–H groups in total. The molecule has 0 spiro atoms. The summed E-state index contributed by atoms with van der Waals surface area (Å²) in [5, 5.41) is 13.7. The summed E-state index contributed by atoms with van der Waals surface area (Å²) in [7, 11) is 0. The molecule has 4 rings (SSSR count). The van der Waals surface area contributed by atoms with Crippen molar-refractivity contribution in [1.29, 1.82) is 0 Å². The van der Waals surface area contributed by atoms with Crippen molar-refractivity contribution in [2.24, 2.45) is 4.99 Å². The van der Waals surface area contributed by atoms with Crippen molar-refractivity contribution >= 4 is 47.2 Å². The molecule has 2 aromatic carbocycles. The van der Waals surface area contributed by atoms with Gasteiger partial charge in [0, 0.05) is 11.5 Å². The fraction of sp³-hybridized carbons (Fsp3) is 0.273. The summed E-state index contributed by atoms with van der Waals surface area (Å²) >= 11 is 12.3. The number of rotatable bonds is 4. The number of fused-ring (bicyclic) bond motifs is 1. The summed E-state index contributed by atoms with van der Waals surface area (Å²) in [6.07, 6.45) is 4.02. The molecule has 4 nitrogen and oxygen atoms in total. The maximum atomic E-state index is 12.7. The molecule has 1 aromatic heterocycles. The maximum Gasteiger partial charge on any atom is 0.257 e. The van der Waals surface area contributed by atoms with Crippen LogP contribution in [-0.2, 0) is 19.5 Å². The molecule has 0 radical (unpaired) electrons. The van der Waals surface area contributed by atoms with Crippen molar-refractivity contribution in [3.63, 3.8) is 0 Å². The van der Waals surface area contributed by atoms with Gasteiger partial charge >= 0.3 is 0 Å². The molecule has 0 fully saturated rings. The number of aryl methyl sites for hydroxylation is 1. The first-order valence-corrected chi connectivity index (χ1v) is 10.1. The Morgan fingerprint density at radius 1 is 1.17 bits per heavy atom. The minimum Gasteiger partial charge on any atom is -0.859 e. The van der Waals surface area contributed by atoms with E-state index in [1.165, 1.54) is 0 Å². The van der Waals surface area contributed by atoms with Crippen LogP contribution >= 0.6 is 35.6 Å². The zero-order valence-corrected chi connectivity index (χ0v) is 18.6. The second-order valence-corrected chi connectivity index (χ2v) is 7.98. The van der Waals surface area contributed by atoms with Gasteiger partial charge in [0.05, 0.1) is 28.7 Å². The number of hydrogen-bond acceptors (Lipinski definition) is 2. The molecule has 7 heteroatoms. The molecular formula is C22H22Cl3N3O. The third-order valence-corrected chi connectivity index (χ3v) is 6.08. The zero-order valence-electron chi connectivity index (χ0n) is 16.3. The fourth-order valence-electron chi connectivity index (χ4n) is 3.70. The minimum atomic E-state index is -0.153. The summed E-state index contributed by atoms with van der Waals surface area (Å²) in [5.41, 5.74) is 4.96. The molecule has 1 aliphatic heterocycles. The van der Waals surface area contributed by atoms with Gasteiger partial charge in [-0.2, -0.15) is 0 Å². The van der Waals surface area contributed by atoms with Crippen LogP contribution in [0, 0.1) is 13.8 Å². The van der Waals surface area contributed by atoms with Gasteiger partial charge in [0.25, 0.3) is 5.82 Å². The molecule has 0 saturated heterocycles.